The van der Waals surface area contributed by atoms with Crippen molar-refractivity contribution < 1.29 is 0 Å². The Labute approximate surface area is 82.1 Å². The van der Waals surface area contributed by atoms with Crippen molar-refractivity contribution in [1.82, 2.24) is 9.78 Å². The lowest BCUT2D eigenvalue weighted by Crippen LogP contribution is -2.15. The van der Waals surface area contributed by atoms with E-state index in [2.05, 4.69) is 5.10 Å². The first-order valence-electron chi connectivity index (χ1n) is 3.92. The number of nitrogens with zero attached hydrogens (tertiary/aromatic N) is 5. The van der Waals surface area contributed by atoms with Gasteiger partial charge in [0.2, 0.25) is 0 Å². The van der Waals surface area contributed by atoms with E-state index in [-0.39, 0.29) is 5.70 Å². The molecule has 0 N–H and O–H groups in total. The average molecular weight is 187 g/mol. The molecular formula is C9H9N5. The third kappa shape index (κ3) is 1.90. The van der Waals surface area contributed by atoms with Crippen LogP contribution in [0.15, 0.2) is 24.0 Å². The van der Waals surface area contributed by atoms with E-state index in [9.17, 15) is 0 Å². The first-order chi connectivity index (χ1) is 6.69. The van der Waals surface area contributed by atoms with Crippen LogP contribution in [0, 0.1) is 22.7 Å². The Balaban J connectivity index is 2.97. The van der Waals surface area contributed by atoms with E-state index in [4.69, 9.17) is 10.5 Å². The number of anilines is 1. The predicted molar refractivity (Wildman–Crippen MR) is 50.9 cm³/mol. The zero-order valence-corrected chi connectivity index (χ0v) is 7.97. The molecule has 0 aliphatic carbocycles. The number of aromatic nitrogens is 2. The van der Waals surface area contributed by atoms with Gasteiger partial charge >= 0.3 is 0 Å². The second kappa shape index (κ2) is 4.11. The Morgan fingerprint density at radius 3 is 2.79 bits per heavy atom. The van der Waals surface area contributed by atoms with Crippen LogP contribution in [0.2, 0.25) is 0 Å². The molecule has 0 saturated carbocycles. The fraction of sp³-hybridized carbons (Fsp3) is 0.222. The van der Waals surface area contributed by atoms with Crippen molar-refractivity contribution in [1.29, 1.82) is 10.5 Å². The number of nitriles is 2. The van der Waals surface area contributed by atoms with E-state index in [1.807, 2.05) is 12.1 Å². The van der Waals surface area contributed by atoms with Gasteiger partial charge in [-0.2, -0.15) is 15.6 Å². The summed E-state index contributed by atoms with van der Waals surface area (Å²) in [6.45, 7) is 0. The van der Waals surface area contributed by atoms with Crippen molar-refractivity contribution in [2.75, 3.05) is 11.9 Å². The molecule has 0 amide bonds. The van der Waals surface area contributed by atoms with Gasteiger partial charge in [-0.25, -0.2) is 0 Å². The molecule has 70 valence electrons. The Morgan fingerprint density at radius 1 is 1.64 bits per heavy atom. The SMILES string of the molecule is CN(/C(C#N)=C/C#N)c1ccn(C)n1. The van der Waals surface area contributed by atoms with Crippen LogP contribution in [-0.2, 0) is 7.05 Å². The van der Waals surface area contributed by atoms with Gasteiger partial charge in [-0.15, -0.1) is 0 Å². The van der Waals surface area contributed by atoms with E-state index in [1.54, 1.807) is 35.9 Å². The largest absolute Gasteiger partial charge is 0.319 e. The summed E-state index contributed by atoms with van der Waals surface area (Å²) in [7, 11) is 3.48. The minimum absolute atomic E-state index is 0.270. The van der Waals surface area contributed by atoms with Gasteiger partial charge in [0.1, 0.15) is 11.8 Å². The lowest BCUT2D eigenvalue weighted by atomic mass is 10.4. The maximum absolute atomic E-state index is 8.75. The average Bonchev–Trinajstić information content (AvgIpc) is 2.60. The molecule has 0 unspecified atom stereocenters. The summed E-state index contributed by atoms with van der Waals surface area (Å²) >= 11 is 0. The van der Waals surface area contributed by atoms with Gasteiger partial charge in [0.05, 0.1) is 12.1 Å². The van der Waals surface area contributed by atoms with Crippen molar-refractivity contribution in [3.8, 4) is 12.1 Å². The first kappa shape index (κ1) is 9.82. The molecular weight excluding hydrogens is 178 g/mol. The Bertz CT molecular complexity index is 429. The second-order valence-corrected chi connectivity index (χ2v) is 2.68. The van der Waals surface area contributed by atoms with Gasteiger partial charge in [0.25, 0.3) is 0 Å². The molecule has 1 aromatic heterocycles. The molecule has 1 aromatic rings. The fourth-order valence-electron chi connectivity index (χ4n) is 0.970. The van der Waals surface area contributed by atoms with Crippen LogP contribution in [0.3, 0.4) is 0 Å². The van der Waals surface area contributed by atoms with Crippen LogP contribution in [0.1, 0.15) is 0 Å². The van der Waals surface area contributed by atoms with Crippen molar-refractivity contribution in [3.05, 3.63) is 24.0 Å². The zero-order valence-electron chi connectivity index (χ0n) is 7.97. The molecule has 0 saturated heterocycles. The molecule has 0 aliphatic rings. The molecule has 1 rings (SSSR count). The second-order valence-electron chi connectivity index (χ2n) is 2.68. The fourth-order valence-corrected chi connectivity index (χ4v) is 0.970. The Morgan fingerprint density at radius 2 is 2.36 bits per heavy atom. The maximum Gasteiger partial charge on any atom is 0.155 e. The molecule has 5 heteroatoms. The number of hydrogen-bond donors (Lipinski definition) is 0. The van der Waals surface area contributed by atoms with Crippen LogP contribution in [0.5, 0.6) is 0 Å². The van der Waals surface area contributed by atoms with E-state index in [0.717, 1.165) is 0 Å². The van der Waals surface area contributed by atoms with E-state index < -0.39 is 0 Å². The summed E-state index contributed by atoms with van der Waals surface area (Å²) in [6, 6.07) is 5.51. The third-order valence-corrected chi connectivity index (χ3v) is 1.72. The lowest BCUT2D eigenvalue weighted by molar-refractivity contribution is 0.763. The molecule has 0 atom stereocenters. The number of rotatable bonds is 2. The van der Waals surface area contributed by atoms with E-state index in [0.29, 0.717) is 5.82 Å². The highest BCUT2D eigenvalue weighted by atomic mass is 15.3. The minimum atomic E-state index is 0.270. The summed E-state index contributed by atoms with van der Waals surface area (Å²) in [5, 5.41) is 21.3. The Hall–Kier alpha value is -2.27. The van der Waals surface area contributed by atoms with E-state index in [1.165, 1.54) is 6.08 Å². The molecule has 0 aromatic carbocycles. The standard InChI is InChI=1S/C9H9N5/c1-13-6-4-9(12-13)14(2)8(7-11)3-5-10/h3-4,6H,1-2H3/b8-3+. The monoisotopic (exact) mass is 187 g/mol. The number of aryl methyl sites for hydroxylation is 1. The lowest BCUT2D eigenvalue weighted by Gasteiger charge is -2.12. The number of hydrogen-bond acceptors (Lipinski definition) is 4. The molecule has 0 fully saturated rings. The molecule has 1 heterocycles. The van der Waals surface area contributed by atoms with Gasteiger partial charge in [0.15, 0.2) is 5.82 Å². The van der Waals surface area contributed by atoms with Crippen LogP contribution in [-0.4, -0.2) is 16.8 Å². The van der Waals surface area contributed by atoms with Gasteiger partial charge in [-0.1, -0.05) is 0 Å². The number of allylic oxidation sites excluding steroid dienone is 2. The third-order valence-electron chi connectivity index (χ3n) is 1.72. The zero-order chi connectivity index (χ0) is 10.6. The summed E-state index contributed by atoms with van der Waals surface area (Å²) < 4.78 is 1.63. The van der Waals surface area contributed by atoms with Gasteiger partial charge in [0, 0.05) is 26.4 Å². The smallest absolute Gasteiger partial charge is 0.155 e. The summed E-state index contributed by atoms with van der Waals surface area (Å²) in [5.74, 6) is 0.635. The molecule has 0 bridgehead atoms. The van der Waals surface area contributed by atoms with E-state index >= 15 is 0 Å². The van der Waals surface area contributed by atoms with Gasteiger partial charge in [-0.05, 0) is 0 Å². The summed E-state index contributed by atoms with van der Waals surface area (Å²) in [6.07, 6.45) is 2.96. The maximum atomic E-state index is 8.75. The van der Waals surface area contributed by atoms with Gasteiger partial charge in [-0.3, -0.25) is 4.68 Å². The van der Waals surface area contributed by atoms with Crippen LogP contribution >= 0.6 is 0 Å². The predicted octanol–water partition coefficient (Wildman–Crippen LogP) is 0.787. The van der Waals surface area contributed by atoms with Crippen LogP contribution in [0.25, 0.3) is 0 Å². The highest BCUT2D eigenvalue weighted by Crippen LogP contribution is 2.12. The minimum Gasteiger partial charge on any atom is -0.319 e. The normalized spacial score (nSPS) is 10.4. The molecule has 0 radical (unpaired) electrons. The van der Waals surface area contributed by atoms with Crippen molar-refractivity contribution >= 4 is 5.82 Å². The Kier molecular flexibility index (Phi) is 2.88. The van der Waals surface area contributed by atoms with Crippen molar-refractivity contribution in [2.45, 2.75) is 0 Å². The van der Waals surface area contributed by atoms with Crippen molar-refractivity contribution in [3.63, 3.8) is 0 Å². The molecule has 0 spiro atoms. The highest BCUT2D eigenvalue weighted by molar-refractivity contribution is 5.50. The molecule has 0 aliphatic heterocycles. The van der Waals surface area contributed by atoms with Crippen LogP contribution in [0.4, 0.5) is 5.82 Å². The van der Waals surface area contributed by atoms with Crippen molar-refractivity contribution in [2.24, 2.45) is 7.05 Å². The topological polar surface area (TPSA) is 68.6 Å². The quantitative estimate of drug-likeness (QED) is 0.642. The van der Waals surface area contributed by atoms with Crippen LogP contribution < -0.4 is 4.90 Å². The summed E-state index contributed by atoms with van der Waals surface area (Å²) in [5.41, 5.74) is 0.270. The molecule has 5 nitrogen and oxygen atoms in total. The first-order valence-corrected chi connectivity index (χ1v) is 3.92. The summed E-state index contributed by atoms with van der Waals surface area (Å²) in [4.78, 5) is 1.56. The highest BCUT2D eigenvalue weighted by Gasteiger charge is 2.08. The van der Waals surface area contributed by atoms with Gasteiger partial charge < -0.3 is 4.90 Å². The molecule has 14 heavy (non-hydrogen) atoms.